The molecule has 0 bridgehead atoms. The molecule has 0 saturated heterocycles. The van der Waals surface area contributed by atoms with E-state index in [0.29, 0.717) is 23.2 Å². The summed E-state index contributed by atoms with van der Waals surface area (Å²) in [7, 11) is -3.75. The molecule has 0 fully saturated rings. The number of hydrogen-bond donors (Lipinski definition) is 0. The molecule has 2 aromatic carbocycles. The lowest BCUT2D eigenvalue weighted by Crippen LogP contribution is -2.21. The summed E-state index contributed by atoms with van der Waals surface area (Å²) in [5, 5.41) is -0.0851. The number of ketones is 1. The summed E-state index contributed by atoms with van der Waals surface area (Å²) in [5.74, 6) is -0.117. The van der Waals surface area contributed by atoms with Crippen LogP contribution in [0.15, 0.2) is 84.0 Å². The van der Waals surface area contributed by atoms with E-state index in [2.05, 4.69) is 4.98 Å². The predicted molar refractivity (Wildman–Crippen MR) is 117 cm³/mol. The molecule has 1 unspecified atom stereocenters. The lowest BCUT2D eigenvalue weighted by atomic mass is 10.0. The third-order valence-corrected chi connectivity index (χ3v) is 7.43. The molecule has 5 nitrogen and oxygen atoms in total. The van der Waals surface area contributed by atoms with E-state index in [4.69, 9.17) is 0 Å². The fourth-order valence-electron chi connectivity index (χ4n) is 3.98. The molecule has 2 aromatic heterocycles. The first-order chi connectivity index (χ1) is 14.5. The molecular formula is C24H22N2O3S. The molecule has 1 atom stereocenters. The van der Waals surface area contributed by atoms with Gasteiger partial charge in [-0.15, -0.1) is 0 Å². The van der Waals surface area contributed by atoms with E-state index in [9.17, 15) is 13.2 Å². The molecule has 0 aliphatic carbocycles. The van der Waals surface area contributed by atoms with Gasteiger partial charge in [0.05, 0.1) is 11.1 Å². The Morgan fingerprint density at radius 2 is 1.63 bits per heavy atom. The number of para-hydroxylation sites is 1. The van der Waals surface area contributed by atoms with E-state index in [-0.39, 0.29) is 10.8 Å². The molecule has 6 heteroatoms. The predicted octanol–water partition coefficient (Wildman–Crippen LogP) is 4.96. The van der Waals surface area contributed by atoms with Crippen LogP contribution in [0.1, 0.15) is 40.3 Å². The molecule has 0 aliphatic heterocycles. The van der Waals surface area contributed by atoms with Crippen LogP contribution in [0.5, 0.6) is 0 Å². The number of sulfone groups is 1. The van der Waals surface area contributed by atoms with E-state index < -0.39 is 15.2 Å². The topological polar surface area (TPSA) is 69.0 Å². The van der Waals surface area contributed by atoms with Gasteiger partial charge in [0.15, 0.2) is 10.8 Å². The average Bonchev–Trinajstić information content (AvgIpc) is 3.07. The summed E-state index contributed by atoms with van der Waals surface area (Å²) in [4.78, 5) is 17.4. The Morgan fingerprint density at radius 3 is 2.30 bits per heavy atom. The number of hydrogen-bond acceptors (Lipinski definition) is 4. The number of aromatic nitrogens is 2. The third-order valence-electron chi connectivity index (χ3n) is 5.34. The van der Waals surface area contributed by atoms with Gasteiger partial charge >= 0.3 is 0 Å². The molecule has 2 heterocycles. The van der Waals surface area contributed by atoms with E-state index >= 15 is 0 Å². The lowest BCUT2D eigenvalue weighted by Gasteiger charge is -2.20. The fourth-order valence-corrected chi connectivity index (χ4v) is 5.72. The first kappa shape index (κ1) is 20.0. The summed E-state index contributed by atoms with van der Waals surface area (Å²) in [5.41, 5.74) is 2.47. The minimum atomic E-state index is -3.75. The molecule has 4 rings (SSSR count). The maximum Gasteiger partial charge on any atom is 0.216 e. The zero-order chi connectivity index (χ0) is 21.3. The molecular weight excluding hydrogens is 396 g/mol. The Balaban J connectivity index is 1.96. The molecule has 152 valence electrons. The van der Waals surface area contributed by atoms with Gasteiger partial charge in [0.25, 0.3) is 0 Å². The minimum Gasteiger partial charge on any atom is -0.326 e. The van der Waals surface area contributed by atoms with E-state index in [0.717, 1.165) is 10.9 Å². The second-order valence-corrected chi connectivity index (χ2v) is 9.17. The van der Waals surface area contributed by atoms with E-state index in [1.807, 2.05) is 56.3 Å². The van der Waals surface area contributed by atoms with Gasteiger partial charge in [-0.1, -0.05) is 61.5 Å². The molecule has 0 amide bonds. The summed E-state index contributed by atoms with van der Waals surface area (Å²) in [6.07, 6.45) is 1.82. The third kappa shape index (κ3) is 3.23. The van der Waals surface area contributed by atoms with Crippen molar-refractivity contribution in [3.63, 3.8) is 0 Å². The first-order valence-electron chi connectivity index (χ1n) is 9.81. The van der Waals surface area contributed by atoms with Crippen LogP contribution < -0.4 is 0 Å². The zero-order valence-electron chi connectivity index (χ0n) is 16.8. The summed E-state index contributed by atoms with van der Waals surface area (Å²) >= 11 is 0. The van der Waals surface area contributed by atoms with Gasteiger partial charge in [0.2, 0.25) is 9.84 Å². The molecule has 4 aromatic rings. The molecule has 30 heavy (non-hydrogen) atoms. The Bertz CT molecular complexity index is 1310. The van der Waals surface area contributed by atoms with Crippen molar-refractivity contribution < 1.29 is 13.2 Å². The Kier molecular flexibility index (Phi) is 5.26. The second kappa shape index (κ2) is 7.88. The number of fused-ring (bicyclic) bond motifs is 1. The van der Waals surface area contributed by atoms with Crippen LogP contribution in [0.2, 0.25) is 0 Å². The second-order valence-electron chi connectivity index (χ2n) is 7.12. The molecule has 0 N–H and O–H groups in total. The molecule has 0 aliphatic rings. The number of carbonyl (C=O) groups excluding carboxylic acids is 1. The molecule has 0 saturated carbocycles. The van der Waals surface area contributed by atoms with Crippen LogP contribution in [0.3, 0.4) is 0 Å². The fraction of sp³-hybridized carbons (Fsp3) is 0.167. The van der Waals surface area contributed by atoms with Crippen LogP contribution in [-0.4, -0.2) is 23.8 Å². The summed E-state index contributed by atoms with van der Waals surface area (Å²) in [6, 6.07) is 21.4. The number of pyridine rings is 1. The Hall–Kier alpha value is -3.25. The lowest BCUT2D eigenvalue weighted by molar-refractivity contribution is 0.103. The number of carbonyl (C=O) groups is 1. The quantitative estimate of drug-likeness (QED) is 0.415. The van der Waals surface area contributed by atoms with Crippen LogP contribution in [0, 0.1) is 6.92 Å². The van der Waals surface area contributed by atoms with Gasteiger partial charge < -0.3 is 4.57 Å². The van der Waals surface area contributed by atoms with Crippen LogP contribution in [0.4, 0.5) is 0 Å². The largest absolute Gasteiger partial charge is 0.326 e. The van der Waals surface area contributed by atoms with Crippen LogP contribution >= 0.6 is 0 Å². The van der Waals surface area contributed by atoms with E-state index in [1.165, 1.54) is 12.3 Å². The number of benzene rings is 2. The van der Waals surface area contributed by atoms with Crippen molar-refractivity contribution in [1.29, 1.82) is 0 Å². The first-order valence-corrected chi connectivity index (χ1v) is 11.4. The Labute approximate surface area is 175 Å². The van der Waals surface area contributed by atoms with Crippen molar-refractivity contribution in [2.75, 3.05) is 0 Å². The highest BCUT2D eigenvalue weighted by Gasteiger charge is 2.33. The van der Waals surface area contributed by atoms with Crippen molar-refractivity contribution in [3.05, 3.63) is 95.8 Å². The summed E-state index contributed by atoms with van der Waals surface area (Å²) in [6.45, 7) is 3.64. The monoisotopic (exact) mass is 418 g/mol. The zero-order valence-corrected chi connectivity index (χ0v) is 17.6. The highest BCUT2D eigenvalue weighted by molar-refractivity contribution is 7.91. The van der Waals surface area contributed by atoms with Gasteiger partial charge in [0.1, 0.15) is 5.37 Å². The number of nitrogens with zero attached hydrogens (tertiary/aromatic N) is 2. The molecule has 0 radical (unpaired) electrons. The van der Waals surface area contributed by atoms with Crippen molar-refractivity contribution in [2.24, 2.45) is 0 Å². The molecule has 0 spiro atoms. The number of rotatable bonds is 6. The van der Waals surface area contributed by atoms with Gasteiger partial charge in [0, 0.05) is 22.8 Å². The maximum absolute atomic E-state index is 13.4. The average molecular weight is 419 g/mol. The summed E-state index contributed by atoms with van der Waals surface area (Å²) < 4.78 is 28.7. The highest BCUT2D eigenvalue weighted by atomic mass is 32.2. The van der Waals surface area contributed by atoms with Crippen molar-refractivity contribution in [2.45, 2.75) is 30.7 Å². The van der Waals surface area contributed by atoms with E-state index in [1.54, 1.807) is 28.8 Å². The van der Waals surface area contributed by atoms with Crippen molar-refractivity contribution >= 4 is 26.5 Å². The van der Waals surface area contributed by atoms with Crippen LogP contribution in [-0.2, 0) is 9.84 Å². The minimum absolute atomic E-state index is 0.0324. The van der Waals surface area contributed by atoms with Gasteiger partial charge in [-0.05, 0) is 31.5 Å². The van der Waals surface area contributed by atoms with Gasteiger partial charge in [-0.3, -0.25) is 4.79 Å². The Morgan fingerprint density at radius 1 is 0.967 bits per heavy atom. The van der Waals surface area contributed by atoms with Gasteiger partial charge in [-0.2, -0.15) is 0 Å². The highest BCUT2D eigenvalue weighted by Crippen LogP contribution is 2.35. The van der Waals surface area contributed by atoms with Crippen LogP contribution in [0.25, 0.3) is 10.9 Å². The smallest absolute Gasteiger partial charge is 0.216 e. The van der Waals surface area contributed by atoms with Gasteiger partial charge in [-0.25, -0.2) is 13.4 Å². The van der Waals surface area contributed by atoms with Crippen molar-refractivity contribution in [1.82, 2.24) is 9.55 Å². The SMILES string of the molecule is CCC(n1c(C)c(C(=O)c2ccccc2)c2ccccc21)S(=O)(=O)c1ccccn1. The van der Waals surface area contributed by atoms with Crippen molar-refractivity contribution in [3.8, 4) is 0 Å². The maximum atomic E-state index is 13.4. The standard InChI is InChI=1S/C24H22N2O3S/c1-3-22(30(28,29)21-15-9-10-16-25-21)26-17(2)23(19-13-7-8-14-20(19)26)24(27)18-11-5-4-6-12-18/h4-16,22H,3H2,1-2H3. The normalized spacial score (nSPS) is 12.7.